The van der Waals surface area contributed by atoms with Crippen LogP contribution in [0.1, 0.15) is 5.69 Å². The second-order valence-electron chi connectivity index (χ2n) is 2.02. The van der Waals surface area contributed by atoms with E-state index in [0.717, 1.165) is 0 Å². The van der Waals surface area contributed by atoms with Gasteiger partial charge in [0, 0.05) is 0 Å². The highest BCUT2D eigenvalue weighted by Crippen LogP contribution is 1.97. The van der Waals surface area contributed by atoms with Crippen molar-refractivity contribution in [3.05, 3.63) is 17.8 Å². The minimum absolute atomic E-state index is 0.118. The number of nitrogen functional groups attached to an aromatic ring is 1. The number of aliphatic carboxylic acids is 1. The number of nitrogens with zero attached hydrogens (tertiary/aromatic N) is 2. The SMILES string of the molecule is Nc1ccc(CC(=O)O)nn1. The fourth-order valence-corrected chi connectivity index (χ4v) is 0.619. The summed E-state index contributed by atoms with van der Waals surface area (Å²) in [6.45, 7) is 0. The molecular weight excluding hydrogens is 146 g/mol. The van der Waals surface area contributed by atoms with E-state index < -0.39 is 5.97 Å². The summed E-state index contributed by atoms with van der Waals surface area (Å²) in [5.74, 6) is -0.636. The van der Waals surface area contributed by atoms with E-state index in [0.29, 0.717) is 11.5 Å². The van der Waals surface area contributed by atoms with Crippen molar-refractivity contribution in [2.75, 3.05) is 5.73 Å². The Balaban J connectivity index is 2.74. The smallest absolute Gasteiger partial charge is 0.309 e. The summed E-state index contributed by atoms with van der Waals surface area (Å²) in [6, 6.07) is 3.06. The van der Waals surface area contributed by atoms with Gasteiger partial charge in [-0.2, -0.15) is 5.10 Å². The lowest BCUT2D eigenvalue weighted by atomic mass is 10.3. The fraction of sp³-hybridized carbons (Fsp3) is 0.167. The van der Waals surface area contributed by atoms with Crippen LogP contribution >= 0.6 is 0 Å². The van der Waals surface area contributed by atoms with E-state index in [1.54, 1.807) is 0 Å². The van der Waals surface area contributed by atoms with Crippen LogP contribution in [0, 0.1) is 0 Å². The minimum atomic E-state index is -0.927. The number of aromatic nitrogens is 2. The number of carboxylic acids is 1. The van der Waals surface area contributed by atoms with Gasteiger partial charge in [0.2, 0.25) is 0 Å². The molecular formula is C6H7N3O2. The Morgan fingerprint density at radius 3 is 2.73 bits per heavy atom. The molecule has 58 valence electrons. The van der Waals surface area contributed by atoms with Gasteiger partial charge in [0.25, 0.3) is 0 Å². The van der Waals surface area contributed by atoms with Gasteiger partial charge >= 0.3 is 5.97 Å². The lowest BCUT2D eigenvalue weighted by Crippen LogP contribution is -2.04. The zero-order chi connectivity index (χ0) is 8.27. The van der Waals surface area contributed by atoms with Crippen molar-refractivity contribution in [1.29, 1.82) is 0 Å². The molecule has 0 unspecified atom stereocenters. The molecule has 0 amide bonds. The van der Waals surface area contributed by atoms with Crippen molar-refractivity contribution in [1.82, 2.24) is 10.2 Å². The Labute approximate surface area is 62.9 Å². The second kappa shape index (κ2) is 2.96. The standard InChI is InChI=1S/C6H7N3O2/c7-5-2-1-4(8-9-5)3-6(10)11/h1-2H,3H2,(H2,7,9)(H,10,11). The predicted octanol–water partition coefficient (Wildman–Crippen LogP) is -0.314. The van der Waals surface area contributed by atoms with Crippen molar-refractivity contribution >= 4 is 11.8 Å². The summed E-state index contributed by atoms with van der Waals surface area (Å²) in [7, 11) is 0. The Morgan fingerprint density at radius 2 is 2.27 bits per heavy atom. The molecule has 0 atom stereocenters. The van der Waals surface area contributed by atoms with Crippen LogP contribution in [0.2, 0.25) is 0 Å². The summed E-state index contributed by atoms with van der Waals surface area (Å²) < 4.78 is 0. The van der Waals surface area contributed by atoms with E-state index in [1.807, 2.05) is 0 Å². The normalized spacial score (nSPS) is 9.45. The number of rotatable bonds is 2. The number of hydrogen-bond acceptors (Lipinski definition) is 4. The van der Waals surface area contributed by atoms with Gasteiger partial charge in [0.05, 0.1) is 12.1 Å². The number of carbonyl (C=O) groups is 1. The third-order valence-electron chi connectivity index (χ3n) is 1.07. The first-order chi connectivity index (χ1) is 5.18. The van der Waals surface area contributed by atoms with Crippen LogP contribution in [0.3, 0.4) is 0 Å². The zero-order valence-corrected chi connectivity index (χ0v) is 5.69. The van der Waals surface area contributed by atoms with E-state index in [2.05, 4.69) is 10.2 Å². The van der Waals surface area contributed by atoms with Crippen molar-refractivity contribution in [3.8, 4) is 0 Å². The van der Waals surface area contributed by atoms with Gasteiger partial charge in [-0.3, -0.25) is 4.79 Å². The molecule has 11 heavy (non-hydrogen) atoms. The van der Waals surface area contributed by atoms with E-state index in [-0.39, 0.29) is 6.42 Å². The van der Waals surface area contributed by atoms with Crippen LogP contribution in [-0.4, -0.2) is 21.3 Å². The topological polar surface area (TPSA) is 89.1 Å². The van der Waals surface area contributed by atoms with Crippen LogP contribution in [0.15, 0.2) is 12.1 Å². The van der Waals surface area contributed by atoms with Crippen LogP contribution in [0.4, 0.5) is 5.82 Å². The van der Waals surface area contributed by atoms with E-state index in [1.165, 1.54) is 12.1 Å². The molecule has 5 heteroatoms. The Morgan fingerprint density at radius 1 is 1.55 bits per heavy atom. The van der Waals surface area contributed by atoms with Crippen molar-refractivity contribution in [2.45, 2.75) is 6.42 Å². The summed E-state index contributed by atoms with van der Waals surface area (Å²) in [6.07, 6.45) is -0.118. The van der Waals surface area contributed by atoms with Gasteiger partial charge in [-0.05, 0) is 12.1 Å². The van der Waals surface area contributed by atoms with Crippen molar-refractivity contribution < 1.29 is 9.90 Å². The molecule has 5 nitrogen and oxygen atoms in total. The van der Waals surface area contributed by atoms with E-state index in [4.69, 9.17) is 10.8 Å². The minimum Gasteiger partial charge on any atom is -0.481 e. The van der Waals surface area contributed by atoms with Gasteiger partial charge in [0.1, 0.15) is 5.82 Å². The number of nitrogens with two attached hydrogens (primary N) is 1. The largest absolute Gasteiger partial charge is 0.481 e. The maximum atomic E-state index is 10.2. The Kier molecular flexibility index (Phi) is 2.00. The predicted molar refractivity (Wildman–Crippen MR) is 37.8 cm³/mol. The Hall–Kier alpha value is -1.65. The van der Waals surface area contributed by atoms with Crippen molar-refractivity contribution in [3.63, 3.8) is 0 Å². The van der Waals surface area contributed by atoms with Gasteiger partial charge in [-0.1, -0.05) is 0 Å². The lowest BCUT2D eigenvalue weighted by molar-refractivity contribution is -0.136. The fourth-order valence-electron chi connectivity index (χ4n) is 0.619. The average Bonchev–Trinajstić information content (AvgIpc) is 1.93. The molecule has 0 saturated carbocycles. The molecule has 1 rings (SSSR count). The van der Waals surface area contributed by atoms with Gasteiger partial charge in [-0.25, -0.2) is 0 Å². The van der Waals surface area contributed by atoms with Crippen LogP contribution in [-0.2, 0) is 11.2 Å². The average molecular weight is 153 g/mol. The van der Waals surface area contributed by atoms with E-state index in [9.17, 15) is 4.79 Å². The molecule has 0 aliphatic rings. The first-order valence-electron chi connectivity index (χ1n) is 2.98. The Bertz CT molecular complexity index is 257. The third-order valence-corrected chi connectivity index (χ3v) is 1.07. The maximum Gasteiger partial charge on any atom is 0.309 e. The summed E-state index contributed by atoms with van der Waals surface area (Å²) >= 11 is 0. The summed E-state index contributed by atoms with van der Waals surface area (Å²) in [4.78, 5) is 10.2. The van der Waals surface area contributed by atoms with E-state index >= 15 is 0 Å². The number of hydrogen-bond donors (Lipinski definition) is 2. The number of anilines is 1. The molecule has 0 spiro atoms. The monoisotopic (exact) mass is 153 g/mol. The first kappa shape index (κ1) is 7.46. The van der Waals surface area contributed by atoms with Gasteiger partial charge in [-0.15, -0.1) is 5.10 Å². The zero-order valence-electron chi connectivity index (χ0n) is 5.69. The highest BCUT2D eigenvalue weighted by Gasteiger charge is 2.00. The molecule has 0 fully saturated rings. The lowest BCUT2D eigenvalue weighted by Gasteiger charge is -1.93. The molecule has 0 saturated heterocycles. The van der Waals surface area contributed by atoms with Crippen LogP contribution in [0.25, 0.3) is 0 Å². The van der Waals surface area contributed by atoms with Crippen LogP contribution in [0.5, 0.6) is 0 Å². The highest BCUT2D eigenvalue weighted by molar-refractivity contribution is 5.69. The maximum absolute atomic E-state index is 10.2. The summed E-state index contributed by atoms with van der Waals surface area (Å²) in [5.41, 5.74) is 5.65. The van der Waals surface area contributed by atoms with Crippen LogP contribution < -0.4 is 5.73 Å². The molecule has 0 aliphatic heterocycles. The second-order valence-corrected chi connectivity index (χ2v) is 2.02. The molecule has 3 N–H and O–H groups in total. The molecule has 1 heterocycles. The van der Waals surface area contributed by atoms with Gasteiger partial charge in [0.15, 0.2) is 0 Å². The molecule has 1 aromatic heterocycles. The third kappa shape index (κ3) is 2.21. The molecule has 0 aromatic carbocycles. The number of carboxylic acid groups (broad SMARTS) is 1. The molecule has 0 radical (unpaired) electrons. The van der Waals surface area contributed by atoms with Gasteiger partial charge < -0.3 is 10.8 Å². The molecule has 0 bridgehead atoms. The molecule has 1 aromatic rings. The highest BCUT2D eigenvalue weighted by atomic mass is 16.4. The summed E-state index contributed by atoms with van der Waals surface area (Å²) in [5, 5.41) is 15.4. The van der Waals surface area contributed by atoms with Crippen molar-refractivity contribution in [2.24, 2.45) is 0 Å². The quantitative estimate of drug-likeness (QED) is 0.608. The first-order valence-corrected chi connectivity index (χ1v) is 2.98. The molecule has 0 aliphatic carbocycles.